The van der Waals surface area contributed by atoms with Crippen molar-refractivity contribution in [3.63, 3.8) is 0 Å². The quantitative estimate of drug-likeness (QED) is 0.158. The topological polar surface area (TPSA) is 10.9 Å². The normalized spacial score (nSPS) is 12.1. The van der Waals surface area contributed by atoms with Gasteiger partial charge in [-0.05, 0) is 137 Å². The number of thiophene rings is 2. The zero-order chi connectivity index (χ0) is 45.2. The third-order valence-corrected chi connectivity index (χ3v) is 16.5. The van der Waals surface area contributed by atoms with E-state index in [-0.39, 0.29) is 0 Å². The van der Waals surface area contributed by atoms with Crippen LogP contribution in [-0.4, -0.2) is 4.40 Å². The summed E-state index contributed by atoms with van der Waals surface area (Å²) in [7, 11) is 0. The van der Waals surface area contributed by atoms with Gasteiger partial charge >= 0.3 is 0 Å². The molecule has 4 aromatic heterocycles. The van der Waals surface area contributed by atoms with Crippen LogP contribution in [-0.2, 0) is 0 Å². The molecule has 0 aliphatic carbocycles. The number of nitrogens with zero attached hydrogens (tertiary/aromatic N) is 3. The summed E-state index contributed by atoms with van der Waals surface area (Å²) in [5.41, 5.74) is 12.8. The molecule has 0 atom stereocenters. The van der Waals surface area contributed by atoms with Crippen LogP contribution in [0.3, 0.4) is 0 Å². The molecular weight excluding hydrogens is 875 g/mol. The van der Waals surface area contributed by atoms with Gasteiger partial charge in [-0.3, -0.25) is 0 Å². The maximum absolute atomic E-state index is 2.54. The minimum Gasteiger partial charge on any atom is -0.310 e. The summed E-state index contributed by atoms with van der Waals surface area (Å²) in [4.78, 5) is 4.84. The summed E-state index contributed by atoms with van der Waals surface area (Å²) >= 11 is 3.72. The molecule has 0 fully saturated rings. The number of rotatable bonds is 7. The van der Waals surface area contributed by atoms with Crippen LogP contribution in [0.5, 0.6) is 0 Å². The summed E-state index contributed by atoms with van der Waals surface area (Å²) in [5, 5.41) is 12.6. The Hall–Kier alpha value is -8.48. The van der Waals surface area contributed by atoms with Gasteiger partial charge in [-0.1, -0.05) is 121 Å². The summed E-state index contributed by atoms with van der Waals surface area (Å²) in [6.07, 6.45) is 0. The van der Waals surface area contributed by atoms with Gasteiger partial charge in [-0.2, -0.15) is 0 Å². The van der Waals surface area contributed by atoms with Crippen molar-refractivity contribution in [2.75, 3.05) is 9.80 Å². The van der Waals surface area contributed by atoms with Gasteiger partial charge in [0.2, 0.25) is 0 Å². The highest BCUT2D eigenvalue weighted by Gasteiger charge is 2.24. The number of benzene rings is 11. The average molecular weight is 914 g/mol. The molecule has 0 saturated heterocycles. The highest BCUT2D eigenvalue weighted by atomic mass is 32.1. The first-order valence-corrected chi connectivity index (χ1v) is 25.1. The molecule has 0 unspecified atom stereocenters. The maximum atomic E-state index is 2.54. The van der Waals surface area contributed by atoms with E-state index in [4.69, 9.17) is 0 Å². The van der Waals surface area contributed by atoms with Gasteiger partial charge in [0.25, 0.3) is 0 Å². The standard InChI is InChI=1S/C64H39N3S2/c1-4-14-40(15-5-1)41-25-31-57-56(34-41)63-52-36-45(65(43-16-6-2-7-17-43)46-28-32-61-53(37-46)50-20-10-12-22-59(50)68-61)26-24-42(52)35-55-49-30-27-48(39-58(49)67(57)64(55)63)66(44-18-8-3-9-19-44)47-29-33-62-54(38-47)51-21-11-13-23-60(51)69-62/h1-39H. The van der Waals surface area contributed by atoms with Gasteiger partial charge in [-0.15, -0.1) is 22.7 Å². The van der Waals surface area contributed by atoms with E-state index in [0.29, 0.717) is 0 Å². The van der Waals surface area contributed by atoms with Crippen molar-refractivity contribution in [3.8, 4) is 11.1 Å². The van der Waals surface area contributed by atoms with Crippen molar-refractivity contribution in [3.05, 3.63) is 237 Å². The summed E-state index contributed by atoms with van der Waals surface area (Å²) in [6.45, 7) is 0. The Labute approximate surface area is 405 Å². The second-order valence-corrected chi connectivity index (χ2v) is 20.3. The van der Waals surface area contributed by atoms with Gasteiger partial charge in [0.15, 0.2) is 0 Å². The molecule has 0 radical (unpaired) electrons. The molecule has 0 N–H and O–H groups in total. The Morgan fingerprint density at radius 2 is 0.783 bits per heavy atom. The minimum absolute atomic E-state index is 1.11. The van der Waals surface area contributed by atoms with Crippen molar-refractivity contribution < 1.29 is 0 Å². The van der Waals surface area contributed by atoms with Crippen molar-refractivity contribution in [1.82, 2.24) is 4.40 Å². The molecule has 69 heavy (non-hydrogen) atoms. The average Bonchev–Trinajstić information content (AvgIpc) is 4.16. The van der Waals surface area contributed by atoms with Gasteiger partial charge in [0.1, 0.15) is 0 Å². The van der Waals surface area contributed by atoms with E-state index in [1.54, 1.807) is 0 Å². The van der Waals surface area contributed by atoms with Gasteiger partial charge in [0, 0.05) is 96.0 Å². The minimum atomic E-state index is 1.11. The monoisotopic (exact) mass is 913 g/mol. The van der Waals surface area contributed by atoms with Crippen LogP contribution in [0.25, 0.3) is 100 Å². The Balaban J connectivity index is 0.987. The predicted octanol–water partition coefficient (Wildman–Crippen LogP) is 19.3. The van der Waals surface area contributed by atoms with E-state index in [2.05, 4.69) is 251 Å². The lowest BCUT2D eigenvalue weighted by Gasteiger charge is -2.26. The molecule has 0 saturated carbocycles. The second kappa shape index (κ2) is 15.0. The highest BCUT2D eigenvalue weighted by Crippen LogP contribution is 2.49. The fourth-order valence-corrected chi connectivity index (χ4v) is 13.3. The van der Waals surface area contributed by atoms with Crippen molar-refractivity contribution in [1.29, 1.82) is 0 Å². The van der Waals surface area contributed by atoms with Crippen LogP contribution in [0, 0.1) is 0 Å². The molecule has 5 heteroatoms. The van der Waals surface area contributed by atoms with Gasteiger partial charge in [-0.25, -0.2) is 0 Å². The largest absolute Gasteiger partial charge is 0.310 e. The Morgan fingerprint density at radius 3 is 1.41 bits per heavy atom. The number of aromatic nitrogens is 1. The molecule has 0 aliphatic rings. The number of fused-ring (bicyclic) bond motifs is 14. The zero-order valence-electron chi connectivity index (χ0n) is 37.2. The van der Waals surface area contributed by atoms with Crippen LogP contribution in [0.2, 0.25) is 0 Å². The van der Waals surface area contributed by atoms with Crippen molar-refractivity contribution in [2.45, 2.75) is 0 Å². The molecule has 15 aromatic rings. The van der Waals surface area contributed by atoms with E-state index in [9.17, 15) is 0 Å². The van der Waals surface area contributed by atoms with Gasteiger partial charge < -0.3 is 14.2 Å². The first-order valence-electron chi connectivity index (χ1n) is 23.5. The third-order valence-electron chi connectivity index (χ3n) is 14.2. The van der Waals surface area contributed by atoms with E-state index in [1.165, 1.54) is 100 Å². The maximum Gasteiger partial charge on any atom is 0.0627 e. The number of hydrogen-bond donors (Lipinski definition) is 0. The van der Waals surface area contributed by atoms with Crippen molar-refractivity contribution in [2.24, 2.45) is 0 Å². The van der Waals surface area contributed by atoms with Crippen molar-refractivity contribution >= 4 is 146 Å². The number of hydrogen-bond acceptors (Lipinski definition) is 4. The van der Waals surface area contributed by atoms with Crippen LogP contribution < -0.4 is 9.80 Å². The molecule has 322 valence electrons. The van der Waals surface area contributed by atoms with Crippen LogP contribution in [0.4, 0.5) is 34.1 Å². The molecule has 4 heterocycles. The van der Waals surface area contributed by atoms with Gasteiger partial charge in [0.05, 0.1) is 16.6 Å². The molecular formula is C64H39N3S2. The predicted molar refractivity (Wildman–Crippen MR) is 299 cm³/mol. The summed E-state index contributed by atoms with van der Waals surface area (Å²) < 4.78 is 7.76. The van der Waals surface area contributed by atoms with Crippen LogP contribution in [0.15, 0.2) is 237 Å². The molecule has 15 rings (SSSR count). The lowest BCUT2D eigenvalue weighted by Crippen LogP contribution is -2.09. The van der Waals surface area contributed by atoms with Crippen LogP contribution in [0.1, 0.15) is 0 Å². The smallest absolute Gasteiger partial charge is 0.0627 e. The molecule has 11 aromatic carbocycles. The molecule has 0 spiro atoms. The van der Waals surface area contributed by atoms with E-state index in [1.807, 2.05) is 22.7 Å². The first-order chi connectivity index (χ1) is 34.2. The Kier molecular flexibility index (Phi) is 8.40. The highest BCUT2D eigenvalue weighted by molar-refractivity contribution is 7.26. The zero-order valence-corrected chi connectivity index (χ0v) is 38.8. The first kappa shape index (κ1) is 38.6. The second-order valence-electron chi connectivity index (χ2n) is 18.1. The lowest BCUT2D eigenvalue weighted by molar-refractivity contribution is 1.29. The molecule has 0 amide bonds. The number of anilines is 6. The fourth-order valence-electron chi connectivity index (χ4n) is 11.2. The van der Waals surface area contributed by atoms with E-state index < -0.39 is 0 Å². The lowest BCUT2D eigenvalue weighted by atomic mass is 9.97. The fraction of sp³-hybridized carbons (Fsp3) is 0. The molecule has 0 bridgehead atoms. The number of para-hydroxylation sites is 2. The molecule has 3 nitrogen and oxygen atoms in total. The summed E-state index contributed by atoms with van der Waals surface area (Å²) in [5.74, 6) is 0. The summed E-state index contributed by atoms with van der Waals surface area (Å²) in [6, 6.07) is 87.6. The van der Waals surface area contributed by atoms with E-state index >= 15 is 0 Å². The Morgan fingerprint density at radius 1 is 0.275 bits per heavy atom. The molecule has 0 aliphatic heterocycles. The third kappa shape index (κ3) is 5.91. The van der Waals surface area contributed by atoms with E-state index in [0.717, 1.165) is 34.1 Å². The Bertz CT molecular complexity index is 4490. The van der Waals surface area contributed by atoms with Crippen LogP contribution >= 0.6 is 22.7 Å². The SMILES string of the molecule is c1ccc(-c2ccc3c(c2)c2c4cc(N(c5ccccc5)c5ccc6sc7ccccc7c6c5)ccc4cc4c5ccc(N(c6ccccc6)c6ccc7sc8ccccc8c7c6)cc5n3c42)cc1.